The minimum absolute atomic E-state index is 0.177. The number of hydrogen-bond donors (Lipinski definition) is 0. The molecule has 1 aliphatic carbocycles. The number of nitrogens with zero attached hydrogens (tertiary/aromatic N) is 2. The second-order valence-corrected chi connectivity index (χ2v) is 5.60. The molecule has 0 spiro atoms. The van der Waals surface area contributed by atoms with Crippen molar-refractivity contribution in [3.8, 4) is 0 Å². The number of esters is 1. The lowest BCUT2D eigenvalue weighted by Crippen LogP contribution is -2.15. The van der Waals surface area contributed by atoms with E-state index in [0.717, 1.165) is 11.4 Å². The molecule has 2 aromatic rings. The van der Waals surface area contributed by atoms with Gasteiger partial charge in [0.2, 0.25) is 5.78 Å². The van der Waals surface area contributed by atoms with Crippen LogP contribution in [-0.4, -0.2) is 27.9 Å². The summed E-state index contributed by atoms with van der Waals surface area (Å²) in [4.78, 5) is 28.0. The number of rotatable bonds is 5. The van der Waals surface area contributed by atoms with Crippen LogP contribution >= 0.6 is 0 Å². The zero-order valence-electron chi connectivity index (χ0n) is 12.7. The molecule has 0 N–H and O–H groups in total. The van der Waals surface area contributed by atoms with Gasteiger partial charge in [-0.1, -0.05) is 6.07 Å². The monoisotopic (exact) mass is 298 g/mol. The summed E-state index contributed by atoms with van der Waals surface area (Å²) >= 11 is 0. The number of ether oxygens (including phenoxy) is 1. The highest BCUT2D eigenvalue weighted by Crippen LogP contribution is 2.38. The molecule has 0 unspecified atom stereocenters. The van der Waals surface area contributed by atoms with Crippen LogP contribution in [0.25, 0.3) is 0 Å². The molecule has 2 heterocycles. The van der Waals surface area contributed by atoms with E-state index in [9.17, 15) is 9.59 Å². The molecule has 114 valence electrons. The Morgan fingerprint density at radius 1 is 1.32 bits per heavy atom. The number of Topliss-reactive ketones (excluding diaryl/α,β-unsaturated/α-hetero) is 1. The van der Waals surface area contributed by atoms with Gasteiger partial charge in [0.05, 0.1) is 0 Å². The average Bonchev–Trinajstić information content (AvgIpc) is 3.31. The third-order valence-electron chi connectivity index (χ3n) is 3.91. The van der Waals surface area contributed by atoms with Crippen molar-refractivity contribution in [3.63, 3.8) is 0 Å². The Hall–Kier alpha value is -2.43. The maximum atomic E-state index is 12.3. The van der Waals surface area contributed by atoms with Gasteiger partial charge < -0.3 is 9.30 Å². The van der Waals surface area contributed by atoms with E-state index >= 15 is 0 Å². The van der Waals surface area contributed by atoms with Gasteiger partial charge in [0.1, 0.15) is 5.69 Å². The van der Waals surface area contributed by atoms with Gasteiger partial charge in [0.25, 0.3) is 0 Å². The molecule has 0 aliphatic heterocycles. The summed E-state index contributed by atoms with van der Waals surface area (Å²) in [5, 5.41) is 0. The van der Waals surface area contributed by atoms with Crippen molar-refractivity contribution >= 4 is 11.8 Å². The van der Waals surface area contributed by atoms with Crippen LogP contribution in [-0.2, 0) is 4.74 Å². The van der Waals surface area contributed by atoms with Crippen LogP contribution in [0.4, 0.5) is 0 Å². The van der Waals surface area contributed by atoms with Gasteiger partial charge >= 0.3 is 5.97 Å². The summed E-state index contributed by atoms with van der Waals surface area (Å²) in [6.07, 6.45) is 3.85. The van der Waals surface area contributed by atoms with Crippen LogP contribution in [0.5, 0.6) is 0 Å². The molecule has 3 rings (SSSR count). The zero-order valence-corrected chi connectivity index (χ0v) is 12.7. The number of aromatic nitrogens is 2. The van der Waals surface area contributed by atoms with Crippen molar-refractivity contribution < 1.29 is 14.3 Å². The van der Waals surface area contributed by atoms with E-state index in [1.165, 1.54) is 19.0 Å². The highest BCUT2D eigenvalue weighted by atomic mass is 16.5. The molecule has 0 radical (unpaired) electrons. The van der Waals surface area contributed by atoms with Crippen LogP contribution in [0, 0.1) is 13.8 Å². The maximum Gasteiger partial charge on any atom is 0.357 e. The minimum Gasteiger partial charge on any atom is -0.453 e. The second-order valence-electron chi connectivity index (χ2n) is 5.60. The summed E-state index contributed by atoms with van der Waals surface area (Å²) in [6.45, 7) is 3.69. The lowest BCUT2D eigenvalue weighted by atomic mass is 10.1. The van der Waals surface area contributed by atoms with E-state index < -0.39 is 5.97 Å². The Labute approximate surface area is 128 Å². The molecule has 1 saturated carbocycles. The quantitative estimate of drug-likeness (QED) is 0.629. The van der Waals surface area contributed by atoms with E-state index in [1.807, 2.05) is 19.9 Å². The van der Waals surface area contributed by atoms with E-state index in [0.29, 0.717) is 11.6 Å². The highest BCUT2D eigenvalue weighted by Gasteiger charge is 2.28. The smallest absolute Gasteiger partial charge is 0.357 e. The minimum atomic E-state index is -0.579. The van der Waals surface area contributed by atoms with Gasteiger partial charge in [-0.15, -0.1) is 0 Å². The van der Waals surface area contributed by atoms with Crippen LogP contribution in [0.2, 0.25) is 0 Å². The molecule has 0 atom stereocenters. The number of pyridine rings is 1. The fourth-order valence-electron chi connectivity index (χ4n) is 2.72. The molecule has 0 bridgehead atoms. The standard InChI is InChI=1S/C17H18N2O3/c1-11-9-14(12(2)19(11)13-6-7-13)16(20)10-22-17(21)15-5-3-4-8-18-15/h3-5,8-9,13H,6-7,10H2,1-2H3. The molecule has 1 aliphatic rings. The molecule has 22 heavy (non-hydrogen) atoms. The van der Waals surface area contributed by atoms with Crippen molar-refractivity contribution in [2.75, 3.05) is 6.61 Å². The van der Waals surface area contributed by atoms with Crippen LogP contribution in [0.1, 0.15) is 51.1 Å². The van der Waals surface area contributed by atoms with Crippen LogP contribution < -0.4 is 0 Å². The molecule has 0 aromatic carbocycles. The Morgan fingerprint density at radius 3 is 2.73 bits per heavy atom. The molecule has 0 amide bonds. The Bertz CT molecular complexity index is 715. The summed E-state index contributed by atoms with van der Waals surface area (Å²) in [7, 11) is 0. The third kappa shape index (κ3) is 2.79. The lowest BCUT2D eigenvalue weighted by molar-refractivity contribution is 0.0468. The van der Waals surface area contributed by atoms with Crippen molar-refractivity contribution in [2.45, 2.75) is 32.7 Å². The second kappa shape index (κ2) is 5.75. The summed E-state index contributed by atoms with van der Waals surface area (Å²) in [6, 6.07) is 7.39. The summed E-state index contributed by atoms with van der Waals surface area (Å²) in [5.74, 6) is -0.755. The normalized spacial score (nSPS) is 13.9. The molecule has 5 heteroatoms. The van der Waals surface area contributed by atoms with Gasteiger partial charge in [0.15, 0.2) is 6.61 Å². The van der Waals surface area contributed by atoms with Gasteiger partial charge in [-0.05, 0) is 44.9 Å². The number of carbonyl (C=O) groups excluding carboxylic acids is 2. The number of ketones is 1. The zero-order chi connectivity index (χ0) is 15.7. The molecule has 1 fully saturated rings. The Balaban J connectivity index is 1.68. The number of carbonyl (C=O) groups is 2. The fourth-order valence-corrected chi connectivity index (χ4v) is 2.72. The van der Waals surface area contributed by atoms with Crippen LogP contribution in [0.15, 0.2) is 30.5 Å². The van der Waals surface area contributed by atoms with Crippen molar-refractivity contribution in [2.24, 2.45) is 0 Å². The summed E-state index contributed by atoms with van der Waals surface area (Å²) < 4.78 is 7.27. The lowest BCUT2D eigenvalue weighted by Gasteiger charge is -2.07. The Morgan fingerprint density at radius 2 is 2.09 bits per heavy atom. The predicted molar refractivity (Wildman–Crippen MR) is 81.0 cm³/mol. The first kappa shape index (κ1) is 14.5. The third-order valence-corrected chi connectivity index (χ3v) is 3.91. The first-order valence-electron chi connectivity index (χ1n) is 7.37. The maximum absolute atomic E-state index is 12.3. The van der Waals surface area contributed by atoms with Gasteiger partial charge in [-0.25, -0.2) is 9.78 Å². The molecular weight excluding hydrogens is 280 g/mol. The number of hydrogen-bond acceptors (Lipinski definition) is 4. The highest BCUT2D eigenvalue weighted by molar-refractivity contribution is 6.00. The van der Waals surface area contributed by atoms with Crippen molar-refractivity contribution in [3.05, 3.63) is 53.1 Å². The molecule has 0 saturated heterocycles. The topological polar surface area (TPSA) is 61.2 Å². The number of aryl methyl sites for hydroxylation is 1. The van der Waals surface area contributed by atoms with E-state index in [2.05, 4.69) is 9.55 Å². The first-order chi connectivity index (χ1) is 10.6. The van der Waals surface area contributed by atoms with Gasteiger partial charge in [-0.2, -0.15) is 0 Å². The van der Waals surface area contributed by atoms with Crippen LogP contribution in [0.3, 0.4) is 0 Å². The Kier molecular flexibility index (Phi) is 3.79. The predicted octanol–water partition coefficient (Wildman–Crippen LogP) is 2.87. The fraction of sp³-hybridized carbons (Fsp3) is 0.353. The molecule has 2 aromatic heterocycles. The summed E-state index contributed by atoms with van der Waals surface area (Å²) in [5.41, 5.74) is 2.88. The molecule has 5 nitrogen and oxygen atoms in total. The van der Waals surface area contributed by atoms with Crippen molar-refractivity contribution in [1.29, 1.82) is 0 Å². The van der Waals surface area contributed by atoms with Gasteiger partial charge in [-0.3, -0.25) is 4.79 Å². The van der Waals surface area contributed by atoms with Gasteiger partial charge in [0, 0.05) is 29.2 Å². The molecular formula is C17H18N2O3. The van der Waals surface area contributed by atoms with E-state index in [1.54, 1.807) is 18.2 Å². The first-order valence-corrected chi connectivity index (χ1v) is 7.37. The average molecular weight is 298 g/mol. The van der Waals surface area contributed by atoms with E-state index in [4.69, 9.17) is 4.74 Å². The largest absolute Gasteiger partial charge is 0.453 e. The van der Waals surface area contributed by atoms with E-state index in [-0.39, 0.29) is 18.1 Å². The SMILES string of the molecule is Cc1cc(C(=O)COC(=O)c2ccccn2)c(C)n1C1CC1. The van der Waals surface area contributed by atoms with Crippen molar-refractivity contribution in [1.82, 2.24) is 9.55 Å².